The normalized spacial score (nSPS) is 9.93. The SMILES string of the molecule is C=CCOc1ccc(C(=O)NNC(=S)NC(=O)c2ccc(OCCC)c(Br)c2)cc1. The number of halogens is 1. The van der Waals surface area contributed by atoms with E-state index in [-0.39, 0.29) is 5.11 Å². The van der Waals surface area contributed by atoms with Crippen molar-refractivity contribution in [3.8, 4) is 11.5 Å². The van der Waals surface area contributed by atoms with Gasteiger partial charge in [-0.3, -0.25) is 25.8 Å². The number of amides is 2. The second-order valence-electron chi connectivity index (χ2n) is 5.98. The summed E-state index contributed by atoms with van der Waals surface area (Å²) in [7, 11) is 0. The molecule has 0 atom stereocenters. The van der Waals surface area contributed by atoms with E-state index < -0.39 is 11.8 Å². The zero-order valence-electron chi connectivity index (χ0n) is 16.4. The first-order valence-electron chi connectivity index (χ1n) is 9.12. The summed E-state index contributed by atoms with van der Waals surface area (Å²) in [5.74, 6) is 0.442. The maximum absolute atomic E-state index is 12.3. The molecule has 0 fully saturated rings. The van der Waals surface area contributed by atoms with Crippen molar-refractivity contribution in [3.05, 3.63) is 70.7 Å². The van der Waals surface area contributed by atoms with Gasteiger partial charge in [0.1, 0.15) is 18.1 Å². The fraction of sp³-hybridized carbons (Fsp3) is 0.190. The van der Waals surface area contributed by atoms with Crippen LogP contribution in [0.4, 0.5) is 0 Å². The molecule has 0 aliphatic heterocycles. The van der Waals surface area contributed by atoms with Crippen molar-refractivity contribution < 1.29 is 19.1 Å². The molecule has 7 nitrogen and oxygen atoms in total. The lowest BCUT2D eigenvalue weighted by Crippen LogP contribution is -2.48. The number of ether oxygens (including phenoxy) is 2. The molecule has 3 N–H and O–H groups in total. The van der Waals surface area contributed by atoms with Crippen molar-refractivity contribution in [3.63, 3.8) is 0 Å². The molecule has 0 saturated heterocycles. The molecule has 2 aromatic rings. The topological polar surface area (TPSA) is 88.7 Å². The van der Waals surface area contributed by atoms with Crippen LogP contribution in [0, 0.1) is 0 Å². The van der Waals surface area contributed by atoms with Gasteiger partial charge in [-0.25, -0.2) is 0 Å². The number of thiocarbonyl (C=S) groups is 1. The van der Waals surface area contributed by atoms with Crippen molar-refractivity contribution in [2.45, 2.75) is 13.3 Å². The van der Waals surface area contributed by atoms with Gasteiger partial charge in [0.2, 0.25) is 0 Å². The molecule has 2 aromatic carbocycles. The Kier molecular flexibility index (Phi) is 9.30. The molecule has 0 bridgehead atoms. The number of benzene rings is 2. The first-order valence-corrected chi connectivity index (χ1v) is 10.3. The summed E-state index contributed by atoms with van der Waals surface area (Å²) >= 11 is 8.44. The van der Waals surface area contributed by atoms with E-state index in [1.807, 2.05) is 6.92 Å². The van der Waals surface area contributed by atoms with E-state index in [0.29, 0.717) is 40.3 Å². The minimum absolute atomic E-state index is 0.0401. The lowest BCUT2D eigenvalue weighted by molar-refractivity contribution is 0.0934. The van der Waals surface area contributed by atoms with E-state index >= 15 is 0 Å². The van der Waals surface area contributed by atoms with Gasteiger partial charge in [-0.2, -0.15) is 0 Å². The zero-order chi connectivity index (χ0) is 21.9. The van der Waals surface area contributed by atoms with Crippen LogP contribution in [0.5, 0.6) is 11.5 Å². The Morgan fingerprint density at radius 2 is 1.77 bits per heavy atom. The summed E-state index contributed by atoms with van der Waals surface area (Å²) in [6, 6.07) is 11.5. The van der Waals surface area contributed by atoms with Crippen molar-refractivity contribution in [2.24, 2.45) is 0 Å². The molecule has 158 valence electrons. The Morgan fingerprint density at radius 3 is 2.40 bits per heavy atom. The van der Waals surface area contributed by atoms with E-state index in [0.717, 1.165) is 6.42 Å². The third kappa shape index (κ3) is 7.16. The predicted octanol–water partition coefficient (Wildman–Crippen LogP) is 3.75. The van der Waals surface area contributed by atoms with Crippen molar-refractivity contribution in [2.75, 3.05) is 13.2 Å². The first-order chi connectivity index (χ1) is 14.4. The molecular formula is C21H22BrN3O4S. The Morgan fingerprint density at radius 1 is 1.07 bits per heavy atom. The molecule has 0 heterocycles. The summed E-state index contributed by atoms with van der Waals surface area (Å²) in [6.07, 6.45) is 2.51. The smallest absolute Gasteiger partial charge is 0.269 e. The minimum atomic E-state index is -0.423. The Bertz CT molecular complexity index is 919. The molecule has 2 amide bonds. The van der Waals surface area contributed by atoms with Crippen LogP contribution >= 0.6 is 28.1 Å². The van der Waals surface area contributed by atoms with E-state index in [1.165, 1.54) is 0 Å². The third-order valence-electron chi connectivity index (χ3n) is 3.66. The molecular weight excluding hydrogens is 470 g/mol. The standard InChI is InChI=1S/C21H22BrN3O4S/c1-3-11-28-16-8-5-14(6-9-16)20(27)24-25-21(30)23-19(26)15-7-10-18(17(22)13-15)29-12-4-2/h3,5-10,13H,1,4,11-12H2,2H3,(H,24,27)(H2,23,25,26,30). The van der Waals surface area contributed by atoms with Crippen molar-refractivity contribution in [1.29, 1.82) is 0 Å². The molecule has 0 saturated carbocycles. The van der Waals surface area contributed by atoms with Crippen molar-refractivity contribution in [1.82, 2.24) is 16.2 Å². The number of hydrogen-bond donors (Lipinski definition) is 3. The highest BCUT2D eigenvalue weighted by molar-refractivity contribution is 9.10. The van der Waals surface area contributed by atoms with Crippen LogP contribution in [0.25, 0.3) is 0 Å². The van der Waals surface area contributed by atoms with Gasteiger partial charge in [0.05, 0.1) is 11.1 Å². The van der Waals surface area contributed by atoms with Crippen LogP contribution in [0.15, 0.2) is 59.6 Å². The zero-order valence-corrected chi connectivity index (χ0v) is 18.8. The van der Waals surface area contributed by atoms with Crippen LogP contribution in [0.1, 0.15) is 34.1 Å². The van der Waals surface area contributed by atoms with Crippen LogP contribution in [-0.2, 0) is 0 Å². The molecule has 0 aliphatic rings. The lowest BCUT2D eigenvalue weighted by atomic mass is 10.2. The summed E-state index contributed by atoms with van der Waals surface area (Å²) in [4.78, 5) is 24.5. The quantitative estimate of drug-likeness (QED) is 0.296. The Labute approximate surface area is 188 Å². The fourth-order valence-electron chi connectivity index (χ4n) is 2.22. The second kappa shape index (κ2) is 11.9. The highest BCUT2D eigenvalue weighted by Gasteiger charge is 2.12. The number of rotatable bonds is 8. The maximum atomic E-state index is 12.3. The van der Waals surface area contributed by atoms with Gasteiger partial charge >= 0.3 is 0 Å². The van der Waals surface area contributed by atoms with Gasteiger partial charge in [-0.15, -0.1) is 0 Å². The molecule has 9 heteroatoms. The Balaban J connectivity index is 1.85. The minimum Gasteiger partial charge on any atom is -0.492 e. The summed E-state index contributed by atoms with van der Waals surface area (Å²) in [6.45, 7) is 6.55. The average molecular weight is 492 g/mol. The number of nitrogens with one attached hydrogen (secondary N) is 3. The Hall–Kier alpha value is -2.91. The van der Waals surface area contributed by atoms with Gasteiger partial charge in [0.25, 0.3) is 11.8 Å². The maximum Gasteiger partial charge on any atom is 0.269 e. The molecule has 30 heavy (non-hydrogen) atoms. The van der Waals surface area contributed by atoms with E-state index in [1.54, 1.807) is 48.5 Å². The van der Waals surface area contributed by atoms with E-state index in [2.05, 4.69) is 38.7 Å². The van der Waals surface area contributed by atoms with Gasteiger partial charge in [0.15, 0.2) is 5.11 Å². The number of hydrogen-bond acceptors (Lipinski definition) is 5. The largest absolute Gasteiger partial charge is 0.492 e. The number of carbonyl (C=O) groups excluding carboxylic acids is 2. The summed E-state index contributed by atoms with van der Waals surface area (Å²) < 4.78 is 11.6. The van der Waals surface area contributed by atoms with Crippen LogP contribution in [-0.4, -0.2) is 30.1 Å². The average Bonchev–Trinajstić information content (AvgIpc) is 2.75. The molecule has 0 radical (unpaired) electrons. The van der Waals surface area contributed by atoms with Gasteiger partial charge in [-0.05, 0) is 77.0 Å². The second-order valence-corrected chi connectivity index (χ2v) is 7.24. The number of carbonyl (C=O) groups is 2. The highest BCUT2D eigenvalue weighted by atomic mass is 79.9. The van der Waals surface area contributed by atoms with Crippen LogP contribution < -0.4 is 25.6 Å². The predicted molar refractivity (Wildman–Crippen MR) is 123 cm³/mol. The van der Waals surface area contributed by atoms with Crippen molar-refractivity contribution >= 4 is 45.1 Å². The highest BCUT2D eigenvalue weighted by Crippen LogP contribution is 2.26. The van der Waals surface area contributed by atoms with Gasteiger partial charge in [-0.1, -0.05) is 19.6 Å². The molecule has 0 aliphatic carbocycles. The monoisotopic (exact) mass is 491 g/mol. The number of hydrazine groups is 1. The fourth-order valence-corrected chi connectivity index (χ4v) is 2.86. The summed E-state index contributed by atoms with van der Waals surface area (Å²) in [5, 5.41) is 2.46. The molecule has 2 rings (SSSR count). The molecule has 0 unspecified atom stereocenters. The first kappa shape index (κ1) is 23.4. The van der Waals surface area contributed by atoms with E-state index in [4.69, 9.17) is 21.7 Å². The van der Waals surface area contributed by atoms with E-state index in [9.17, 15) is 9.59 Å². The third-order valence-corrected chi connectivity index (χ3v) is 4.48. The molecule has 0 spiro atoms. The van der Waals surface area contributed by atoms with Crippen LogP contribution in [0.3, 0.4) is 0 Å². The van der Waals surface area contributed by atoms with Gasteiger partial charge < -0.3 is 9.47 Å². The molecule has 0 aromatic heterocycles. The summed E-state index contributed by atoms with van der Waals surface area (Å²) in [5.41, 5.74) is 5.72. The van der Waals surface area contributed by atoms with Gasteiger partial charge in [0, 0.05) is 11.1 Å². The van der Waals surface area contributed by atoms with Crippen LogP contribution in [0.2, 0.25) is 0 Å². The lowest BCUT2D eigenvalue weighted by Gasteiger charge is -2.12.